The molecule has 0 unspecified atom stereocenters. The number of hydrogen-bond acceptors (Lipinski definition) is 3. The van der Waals surface area contributed by atoms with Gasteiger partial charge in [-0.3, -0.25) is 14.6 Å². The number of hydrogen-bond donors (Lipinski definition) is 1. The average molecular weight is 483 g/mol. The molecule has 2 aromatic carbocycles. The normalized spacial score (nSPS) is 18.8. The predicted octanol–water partition coefficient (Wildman–Crippen LogP) is 4.58. The molecule has 4 rings (SSSR count). The second kappa shape index (κ2) is 8.44. The molecule has 0 spiro atoms. The molecule has 0 bridgehead atoms. The molecule has 5 nitrogen and oxygen atoms in total. The molecule has 1 aliphatic carbocycles. The number of aliphatic imine (C=N–C) groups is 1. The summed E-state index contributed by atoms with van der Waals surface area (Å²) in [5.74, 6) is -1.45. The number of alkyl halides is 6. The maximum Gasteiger partial charge on any atom is 0.416 e. The van der Waals surface area contributed by atoms with Gasteiger partial charge in [0.25, 0.3) is 5.91 Å². The van der Waals surface area contributed by atoms with Gasteiger partial charge in [0.2, 0.25) is 12.1 Å². The minimum atomic E-state index is -5.10. The lowest BCUT2D eigenvalue weighted by Crippen LogP contribution is -2.46. The number of nitrogens with one attached hydrogen (secondary N) is 1. The summed E-state index contributed by atoms with van der Waals surface area (Å²) in [6, 6.07) is 8.16. The zero-order valence-electron chi connectivity index (χ0n) is 17.8. The Bertz CT molecular complexity index is 1170. The molecule has 1 atom stereocenters. The molecule has 0 saturated heterocycles. The van der Waals surface area contributed by atoms with Gasteiger partial charge in [-0.15, -0.1) is 0 Å². The third-order valence-electron chi connectivity index (χ3n) is 5.73. The highest BCUT2D eigenvalue weighted by Gasteiger charge is 2.39. The summed E-state index contributed by atoms with van der Waals surface area (Å²) in [6.45, 7) is 0. The third-order valence-corrected chi connectivity index (χ3v) is 5.73. The first-order chi connectivity index (χ1) is 15.9. The molecule has 34 heavy (non-hydrogen) atoms. The quantitative estimate of drug-likeness (QED) is 0.647. The Morgan fingerprint density at radius 1 is 1.06 bits per heavy atom. The fourth-order valence-corrected chi connectivity index (χ4v) is 3.87. The Kier molecular flexibility index (Phi) is 5.91. The summed E-state index contributed by atoms with van der Waals surface area (Å²) in [6.07, 6.45) is -10.6. The number of carbonyl (C=O) groups is 2. The van der Waals surface area contributed by atoms with E-state index in [0.717, 1.165) is 18.4 Å². The molecule has 0 radical (unpaired) electrons. The second-order valence-corrected chi connectivity index (χ2v) is 8.22. The van der Waals surface area contributed by atoms with Gasteiger partial charge < -0.3 is 10.2 Å². The number of rotatable bonds is 4. The molecule has 1 fully saturated rings. The van der Waals surface area contributed by atoms with Crippen molar-refractivity contribution in [3.05, 3.63) is 64.7 Å². The van der Waals surface area contributed by atoms with E-state index in [9.17, 15) is 35.9 Å². The number of carbonyl (C=O) groups excluding carboxylic acids is 2. The number of halogens is 6. The summed E-state index contributed by atoms with van der Waals surface area (Å²) in [5, 5.41) is 2.35. The van der Waals surface area contributed by atoms with Crippen molar-refractivity contribution in [2.75, 3.05) is 11.9 Å². The molecule has 1 saturated carbocycles. The molecule has 180 valence electrons. The summed E-state index contributed by atoms with van der Waals surface area (Å²) >= 11 is 0. The minimum absolute atomic E-state index is 0.0207. The van der Waals surface area contributed by atoms with Crippen molar-refractivity contribution < 1.29 is 35.9 Å². The second-order valence-electron chi connectivity index (χ2n) is 8.22. The standard InChI is InChI=1S/C23H19F6N3O2/c1-32-17-5-3-2-4-15(17)19(12-6-7-12)31-20(21(32)34)30-18(33)10-13-8-9-14(22(24,25)26)11-16(13)23(27,28)29/h2-5,8-9,11-12,20H,6-7,10H2,1H3,(H,30,33)/t20-/m0/s1. The van der Waals surface area contributed by atoms with Crippen molar-refractivity contribution >= 4 is 23.2 Å². The van der Waals surface area contributed by atoms with E-state index < -0.39 is 53.4 Å². The monoisotopic (exact) mass is 483 g/mol. The van der Waals surface area contributed by atoms with Crippen molar-refractivity contribution in [1.29, 1.82) is 0 Å². The van der Waals surface area contributed by atoms with E-state index in [0.29, 0.717) is 23.5 Å². The minimum Gasteiger partial charge on any atom is -0.326 e. The van der Waals surface area contributed by atoms with Gasteiger partial charge in [-0.1, -0.05) is 24.3 Å². The van der Waals surface area contributed by atoms with Gasteiger partial charge >= 0.3 is 12.4 Å². The van der Waals surface area contributed by atoms with Crippen LogP contribution in [0.5, 0.6) is 0 Å². The number of para-hydroxylation sites is 1. The van der Waals surface area contributed by atoms with Crippen LogP contribution in [0.3, 0.4) is 0 Å². The van der Waals surface area contributed by atoms with Gasteiger partial charge in [0.15, 0.2) is 0 Å². The zero-order valence-corrected chi connectivity index (χ0v) is 17.8. The maximum absolute atomic E-state index is 13.4. The number of benzodiazepines with no additional fused rings is 1. The number of nitrogens with zero attached hydrogens (tertiary/aromatic N) is 2. The van der Waals surface area contributed by atoms with Crippen molar-refractivity contribution in [2.24, 2.45) is 10.9 Å². The number of anilines is 1. The lowest BCUT2D eigenvalue weighted by molar-refractivity contribution is -0.143. The van der Waals surface area contributed by atoms with Crippen LogP contribution in [0.25, 0.3) is 0 Å². The van der Waals surface area contributed by atoms with Crippen LogP contribution in [0, 0.1) is 5.92 Å². The molecule has 2 aliphatic rings. The van der Waals surface area contributed by atoms with Gasteiger partial charge in [0.1, 0.15) is 0 Å². The first-order valence-electron chi connectivity index (χ1n) is 10.4. The highest BCUT2D eigenvalue weighted by molar-refractivity contribution is 6.14. The van der Waals surface area contributed by atoms with Gasteiger partial charge in [-0.25, -0.2) is 0 Å². The Morgan fingerprint density at radius 3 is 2.35 bits per heavy atom. The fraction of sp³-hybridized carbons (Fsp3) is 0.348. The first-order valence-corrected chi connectivity index (χ1v) is 10.4. The van der Waals surface area contributed by atoms with E-state index >= 15 is 0 Å². The summed E-state index contributed by atoms with van der Waals surface area (Å²) < 4.78 is 78.9. The number of likely N-dealkylation sites (N-methyl/N-ethyl adjacent to an activating group) is 1. The van der Waals surface area contributed by atoms with Gasteiger partial charge in [0.05, 0.1) is 28.9 Å². The van der Waals surface area contributed by atoms with Crippen molar-refractivity contribution in [3.8, 4) is 0 Å². The van der Waals surface area contributed by atoms with Gasteiger partial charge in [-0.05, 0) is 36.6 Å². The Hall–Kier alpha value is -3.37. The lowest BCUT2D eigenvalue weighted by atomic mass is 10.00. The van der Waals surface area contributed by atoms with Crippen LogP contribution in [0.2, 0.25) is 0 Å². The smallest absolute Gasteiger partial charge is 0.326 e. The Labute approximate surface area is 190 Å². The van der Waals surface area contributed by atoms with Gasteiger partial charge in [-0.2, -0.15) is 26.3 Å². The third kappa shape index (κ3) is 4.78. The lowest BCUT2D eigenvalue weighted by Gasteiger charge is -2.21. The molecule has 0 aromatic heterocycles. The SMILES string of the molecule is CN1C(=O)[C@@H](NC(=O)Cc2ccc(C(F)(F)F)cc2C(F)(F)F)N=C(C2CC2)c2ccccc21. The Balaban J connectivity index is 1.61. The Morgan fingerprint density at radius 2 is 1.74 bits per heavy atom. The fourth-order valence-electron chi connectivity index (χ4n) is 3.87. The van der Waals surface area contributed by atoms with Crippen LogP contribution in [0.1, 0.15) is 35.1 Å². The number of amides is 2. The van der Waals surface area contributed by atoms with Crippen molar-refractivity contribution in [1.82, 2.24) is 5.32 Å². The van der Waals surface area contributed by atoms with Crippen molar-refractivity contribution in [2.45, 2.75) is 37.8 Å². The van der Waals surface area contributed by atoms with E-state index in [1.54, 1.807) is 24.3 Å². The summed E-state index contributed by atoms with van der Waals surface area (Å²) in [7, 11) is 1.50. The molecule has 1 N–H and O–H groups in total. The van der Waals surface area contributed by atoms with E-state index in [1.807, 2.05) is 0 Å². The highest BCUT2D eigenvalue weighted by atomic mass is 19.4. The molecule has 1 aliphatic heterocycles. The molecular weight excluding hydrogens is 464 g/mol. The van der Waals surface area contributed by atoms with Crippen LogP contribution in [0.15, 0.2) is 47.5 Å². The van der Waals surface area contributed by atoms with Crippen LogP contribution >= 0.6 is 0 Å². The van der Waals surface area contributed by atoms with Crippen LogP contribution in [0.4, 0.5) is 32.0 Å². The molecule has 1 heterocycles. The topological polar surface area (TPSA) is 61.8 Å². The first kappa shape index (κ1) is 23.8. The van der Waals surface area contributed by atoms with E-state index in [1.165, 1.54) is 11.9 Å². The van der Waals surface area contributed by atoms with E-state index in [2.05, 4.69) is 10.3 Å². The van der Waals surface area contributed by atoms with Crippen LogP contribution in [-0.4, -0.2) is 30.7 Å². The molecule has 2 amide bonds. The van der Waals surface area contributed by atoms with Gasteiger partial charge in [0, 0.05) is 18.5 Å². The zero-order chi connectivity index (χ0) is 24.8. The molecular formula is C23H19F6N3O2. The predicted molar refractivity (Wildman–Crippen MR) is 111 cm³/mol. The molecule has 2 aromatic rings. The van der Waals surface area contributed by atoms with E-state index in [-0.39, 0.29) is 12.0 Å². The number of benzene rings is 2. The summed E-state index contributed by atoms with van der Waals surface area (Å²) in [4.78, 5) is 31.3. The maximum atomic E-state index is 13.4. The largest absolute Gasteiger partial charge is 0.416 e. The van der Waals surface area contributed by atoms with E-state index in [4.69, 9.17) is 0 Å². The molecule has 11 heteroatoms. The van der Waals surface area contributed by atoms with Crippen LogP contribution < -0.4 is 10.2 Å². The van der Waals surface area contributed by atoms with Crippen LogP contribution in [-0.2, 0) is 28.4 Å². The average Bonchev–Trinajstić information content (AvgIpc) is 3.59. The van der Waals surface area contributed by atoms with Crippen molar-refractivity contribution in [3.63, 3.8) is 0 Å². The summed E-state index contributed by atoms with van der Waals surface area (Å²) in [5.41, 5.74) is -1.71. The highest BCUT2D eigenvalue weighted by Crippen LogP contribution is 2.39. The number of fused-ring (bicyclic) bond motifs is 1.